The van der Waals surface area contributed by atoms with Crippen LogP contribution in [0.3, 0.4) is 0 Å². The number of rotatable bonds is 10. The van der Waals surface area contributed by atoms with Gasteiger partial charge in [-0.15, -0.1) is 0 Å². The zero-order valence-corrected chi connectivity index (χ0v) is 44.5. The van der Waals surface area contributed by atoms with Crippen LogP contribution in [0, 0.1) is 22.7 Å². The third-order valence-electron chi connectivity index (χ3n) is 13.0. The van der Waals surface area contributed by atoms with Gasteiger partial charge in [0, 0.05) is 111 Å². The van der Waals surface area contributed by atoms with Gasteiger partial charge >= 0.3 is 0 Å². The number of hydrogen-bond acceptors (Lipinski definition) is 18. The molecule has 0 radical (unpaired) electrons. The first-order valence-corrected chi connectivity index (χ1v) is 27.8. The highest BCUT2D eigenvalue weighted by molar-refractivity contribution is 8.05. The Hall–Kier alpha value is -7.56. The van der Waals surface area contributed by atoms with E-state index in [2.05, 4.69) is 135 Å². The number of anilines is 4. The molecule has 0 aliphatic carbocycles. The fraction of sp³-hybridized carbons (Fsp3) is 0.214. The Morgan fingerprint density at radius 3 is 1.38 bits per heavy atom. The molecule has 0 amide bonds. The Morgan fingerprint density at radius 2 is 0.961 bits per heavy atom. The van der Waals surface area contributed by atoms with E-state index in [1.165, 1.54) is 12.7 Å². The van der Waals surface area contributed by atoms with Gasteiger partial charge in [0.15, 0.2) is 0 Å². The fourth-order valence-corrected chi connectivity index (χ4v) is 14.0. The molecule has 2 fully saturated rings. The molecule has 4 N–H and O–H groups in total. The molecule has 76 heavy (non-hydrogen) atoms. The van der Waals surface area contributed by atoms with Crippen LogP contribution in [0.1, 0.15) is 48.7 Å². The minimum atomic E-state index is -0.106. The van der Waals surface area contributed by atoms with Crippen molar-refractivity contribution in [2.24, 2.45) is 0 Å². The number of nitriles is 2. The second kappa shape index (κ2) is 22.7. The zero-order valence-electron chi connectivity index (χ0n) is 41.2. The molecular weight excluding hydrogens is 1030 g/mol. The molecule has 0 saturated carbocycles. The van der Waals surface area contributed by atoms with E-state index < -0.39 is 0 Å². The predicted molar refractivity (Wildman–Crippen MR) is 298 cm³/mol. The topological polar surface area (TPSA) is 214 Å². The fourth-order valence-electron chi connectivity index (χ4n) is 9.15. The molecule has 0 bridgehead atoms. The van der Waals surface area contributed by atoms with Crippen molar-refractivity contribution in [2.75, 3.05) is 73.0 Å². The predicted octanol–water partition coefficient (Wildman–Crippen LogP) is 10.7. The van der Waals surface area contributed by atoms with Crippen molar-refractivity contribution < 1.29 is 9.47 Å². The van der Waals surface area contributed by atoms with Crippen LogP contribution in [0.15, 0.2) is 171 Å². The number of aromatic nitrogens is 6. The number of ether oxygens (including phenoxy) is 2. The van der Waals surface area contributed by atoms with Crippen molar-refractivity contribution in [3.63, 3.8) is 0 Å². The number of nitrogens with zero attached hydrogens (tertiary/aromatic N) is 8. The minimum Gasteiger partial charge on any atom is -0.378 e. The quantitative estimate of drug-likeness (QED) is 0.100. The van der Waals surface area contributed by atoms with Crippen molar-refractivity contribution >= 4 is 69.8 Å². The van der Waals surface area contributed by atoms with Gasteiger partial charge in [-0.1, -0.05) is 71.3 Å². The summed E-state index contributed by atoms with van der Waals surface area (Å²) in [6.45, 7) is 9.81. The monoisotopic (exact) mass is 1080 g/mol. The summed E-state index contributed by atoms with van der Waals surface area (Å²) in [6, 6.07) is 40.0. The van der Waals surface area contributed by atoms with Crippen molar-refractivity contribution in [1.82, 2.24) is 29.9 Å². The highest BCUT2D eigenvalue weighted by Gasteiger charge is 2.25. The summed E-state index contributed by atoms with van der Waals surface area (Å²) in [5.74, 6) is 0. The van der Waals surface area contributed by atoms with Crippen molar-refractivity contribution in [1.29, 1.82) is 10.5 Å². The van der Waals surface area contributed by atoms with Crippen molar-refractivity contribution in [2.45, 2.75) is 65.1 Å². The second-order valence-corrected chi connectivity index (χ2v) is 22.3. The summed E-state index contributed by atoms with van der Waals surface area (Å²) >= 11 is 6.88. The molecule has 12 rings (SSSR count). The molecule has 380 valence electrons. The summed E-state index contributed by atoms with van der Waals surface area (Å²) in [5.41, 5.74) is 9.50. The number of morpholine rings is 2. The van der Waals surface area contributed by atoms with E-state index in [9.17, 15) is 9.59 Å². The van der Waals surface area contributed by atoms with E-state index in [1.54, 1.807) is 71.3 Å². The molecule has 20 heteroatoms. The highest BCUT2D eigenvalue weighted by atomic mass is 32.2. The molecular formula is C56H48N12O4S4. The standard InChI is InChI=1S/2C28H24N6O2S2/c2*1-17(22-11-19(15-29)30-16-31-22)32-18-5-6-24-26(12-18)37-25-4-2-3-21(28(25)38-24)23-13-20(14-27(35)33-23)34-7-9-36-10-8-34/h2*2-6,11-14,16-17,32H,7-10H2,1H3,(H,33,35). The van der Waals surface area contributed by atoms with Gasteiger partial charge in [-0.25, -0.2) is 19.9 Å². The lowest BCUT2D eigenvalue weighted by Crippen LogP contribution is -2.36. The van der Waals surface area contributed by atoms with Crippen molar-refractivity contribution in [3.05, 3.63) is 165 Å². The summed E-state index contributed by atoms with van der Waals surface area (Å²) in [7, 11) is 0. The molecule has 2 saturated heterocycles. The Bertz CT molecular complexity index is 3460. The van der Waals surface area contributed by atoms with E-state index >= 15 is 0 Å². The van der Waals surface area contributed by atoms with Gasteiger partial charge in [-0.2, -0.15) is 10.5 Å². The molecule has 8 heterocycles. The van der Waals surface area contributed by atoms with Crippen LogP contribution in [-0.4, -0.2) is 82.5 Å². The lowest BCUT2D eigenvalue weighted by Gasteiger charge is -2.29. The molecule has 0 spiro atoms. The van der Waals surface area contributed by atoms with Gasteiger partial charge in [0.2, 0.25) is 11.1 Å². The highest BCUT2D eigenvalue weighted by Crippen LogP contribution is 2.54. The van der Waals surface area contributed by atoms with Gasteiger partial charge in [0.1, 0.15) is 36.2 Å². The van der Waals surface area contributed by atoms with Gasteiger partial charge < -0.3 is 39.9 Å². The lowest BCUT2D eigenvalue weighted by molar-refractivity contribution is 0.122. The van der Waals surface area contributed by atoms with Crippen LogP contribution < -0.4 is 31.6 Å². The van der Waals surface area contributed by atoms with Gasteiger partial charge in [0.25, 0.3) is 0 Å². The average molecular weight is 1080 g/mol. The minimum absolute atomic E-state index is 0.0844. The van der Waals surface area contributed by atoms with Crippen LogP contribution in [0.4, 0.5) is 22.7 Å². The summed E-state index contributed by atoms with van der Waals surface area (Å²) < 4.78 is 11.0. The third kappa shape index (κ3) is 11.3. The van der Waals surface area contributed by atoms with Crippen LogP contribution in [0.2, 0.25) is 0 Å². The van der Waals surface area contributed by atoms with E-state index in [0.29, 0.717) is 37.8 Å². The van der Waals surface area contributed by atoms with Gasteiger partial charge in [0.05, 0.1) is 61.3 Å². The van der Waals surface area contributed by atoms with E-state index in [0.717, 1.165) is 122 Å². The van der Waals surface area contributed by atoms with Gasteiger partial charge in [-0.05, 0) is 86.6 Å². The van der Waals surface area contributed by atoms with Crippen LogP contribution in [0.5, 0.6) is 0 Å². The molecule has 4 aromatic carbocycles. The second-order valence-electron chi connectivity index (χ2n) is 18.0. The largest absolute Gasteiger partial charge is 0.378 e. The van der Waals surface area contributed by atoms with E-state index in [4.69, 9.17) is 20.0 Å². The maximum Gasteiger partial charge on any atom is 0.250 e. The first-order valence-electron chi connectivity index (χ1n) is 24.5. The van der Waals surface area contributed by atoms with Gasteiger partial charge in [-0.3, -0.25) is 9.59 Å². The Balaban J connectivity index is 0.000000162. The lowest BCUT2D eigenvalue weighted by atomic mass is 10.1. The number of benzene rings is 4. The smallest absolute Gasteiger partial charge is 0.250 e. The maximum absolute atomic E-state index is 12.6. The van der Waals surface area contributed by atoms with E-state index in [1.807, 2.05) is 26.0 Å². The summed E-state index contributed by atoms with van der Waals surface area (Å²) in [6.07, 6.45) is 2.84. The number of nitrogens with one attached hydrogen (secondary N) is 4. The van der Waals surface area contributed by atoms with Crippen molar-refractivity contribution in [3.8, 4) is 34.7 Å². The summed E-state index contributed by atoms with van der Waals surface area (Å²) in [4.78, 5) is 61.5. The number of hydrogen-bond donors (Lipinski definition) is 4. The zero-order chi connectivity index (χ0) is 52.1. The molecule has 4 aromatic heterocycles. The van der Waals surface area contributed by atoms with Crippen LogP contribution in [-0.2, 0) is 9.47 Å². The summed E-state index contributed by atoms with van der Waals surface area (Å²) in [5, 5.41) is 25.2. The first kappa shape index (κ1) is 50.6. The normalized spacial score (nSPS) is 15.2. The molecule has 8 aromatic rings. The molecule has 4 aliphatic heterocycles. The van der Waals surface area contributed by atoms with Crippen LogP contribution >= 0.6 is 47.0 Å². The molecule has 4 aliphatic rings. The molecule has 2 unspecified atom stereocenters. The average Bonchev–Trinajstić information content (AvgIpc) is 3.47. The first-order chi connectivity index (χ1) is 37.1. The number of fused-ring (bicyclic) bond motifs is 4. The number of aromatic amines is 2. The molecule has 16 nitrogen and oxygen atoms in total. The third-order valence-corrected chi connectivity index (χ3v) is 18.2. The Morgan fingerprint density at radius 1 is 0.526 bits per heavy atom. The van der Waals surface area contributed by atoms with Crippen LogP contribution in [0.25, 0.3) is 22.5 Å². The number of H-pyrrole nitrogens is 2. The number of pyridine rings is 2. The van der Waals surface area contributed by atoms with E-state index in [-0.39, 0.29) is 23.2 Å². The Kier molecular flexibility index (Phi) is 15.1. The maximum atomic E-state index is 12.6. The molecule has 2 atom stereocenters. The Labute approximate surface area is 455 Å². The SMILES string of the molecule is CC(Nc1ccc2c(c1)Sc1cccc(-c3cc(N4CCOCC4)cc(=O)[nH]3)c1S2)c1cc(C#N)ncn1.CC(Nc1ccc2c(c1)Sc1cccc(-c3cc(N4CCOCC4)cc(=O)[nH]3)c1S2)c1cc(C#N)ncn1.